The zero-order valence-electron chi connectivity index (χ0n) is 20.6. The number of benzene rings is 2. The Kier molecular flexibility index (Phi) is 6.46. The monoisotopic (exact) mass is 522 g/mol. The van der Waals surface area contributed by atoms with E-state index in [9.17, 15) is 9.59 Å². The van der Waals surface area contributed by atoms with Crippen LogP contribution < -0.4 is 26.5 Å². The van der Waals surface area contributed by atoms with Gasteiger partial charge in [-0.3, -0.25) is 19.1 Å². The average Bonchev–Trinajstić information content (AvgIpc) is 3.43. The van der Waals surface area contributed by atoms with Gasteiger partial charge in [-0.2, -0.15) is 4.98 Å². The first-order valence-electron chi connectivity index (χ1n) is 12.0. The first kappa shape index (κ1) is 24.6. The van der Waals surface area contributed by atoms with E-state index in [2.05, 4.69) is 79.3 Å². The van der Waals surface area contributed by atoms with E-state index in [-0.39, 0.29) is 32.3 Å². The number of aromatic amines is 1. The van der Waals surface area contributed by atoms with Crippen LogP contribution in [0, 0.1) is 0 Å². The number of aromatic nitrogens is 3. The standard InChI is InChI=1S/C26H30N4O4SSi/c1-26(2,3)36(18-10-6-4-7-11-18,19-12-8-5-9-13-19)33-16-17-14-15-20(34-17)30-22-21(35-25(30)32)23(31)29-24(27)28-22/h4-13,17,20H,14-16H2,1-3H3,(H3,27,28,29,31)/t17-,20+/m0/s1. The topological polar surface area (TPSA) is 112 Å². The summed E-state index contributed by atoms with van der Waals surface area (Å²) in [6.07, 6.45) is 0.630. The molecule has 0 unspecified atom stereocenters. The van der Waals surface area contributed by atoms with Crippen molar-refractivity contribution in [2.75, 3.05) is 12.3 Å². The fourth-order valence-electron chi connectivity index (χ4n) is 5.18. The number of nitrogens with two attached hydrogens (primary N) is 1. The summed E-state index contributed by atoms with van der Waals surface area (Å²) >= 11 is 0.859. The van der Waals surface area contributed by atoms with Crippen LogP contribution in [-0.2, 0) is 9.16 Å². The van der Waals surface area contributed by atoms with E-state index in [1.54, 1.807) is 0 Å². The first-order chi connectivity index (χ1) is 17.2. The van der Waals surface area contributed by atoms with Gasteiger partial charge in [-0.25, -0.2) is 0 Å². The van der Waals surface area contributed by atoms with Crippen molar-refractivity contribution in [3.63, 3.8) is 0 Å². The quantitative estimate of drug-likeness (QED) is 0.377. The number of H-pyrrole nitrogens is 1. The van der Waals surface area contributed by atoms with Crippen molar-refractivity contribution in [3.8, 4) is 0 Å². The summed E-state index contributed by atoms with van der Waals surface area (Å²) in [5, 5.41) is 2.27. The fourth-order valence-corrected chi connectivity index (χ4v) is 10.6. The SMILES string of the molecule is CC(C)(C)[Si](OC[C@@H]1CC[C@H](n2c(=O)sc3c(=O)[nH]c(N)nc32)O1)(c1ccccc1)c1ccccc1. The van der Waals surface area contributed by atoms with Crippen molar-refractivity contribution >= 4 is 46.3 Å². The lowest BCUT2D eigenvalue weighted by Gasteiger charge is -2.43. The molecule has 3 heterocycles. The number of thiazole rings is 1. The van der Waals surface area contributed by atoms with Gasteiger partial charge in [-0.15, -0.1) is 0 Å². The van der Waals surface area contributed by atoms with Crippen molar-refractivity contribution in [2.45, 2.75) is 51.0 Å². The number of fused-ring (bicyclic) bond motifs is 1. The van der Waals surface area contributed by atoms with Gasteiger partial charge in [0.05, 0.1) is 12.7 Å². The van der Waals surface area contributed by atoms with Crippen LogP contribution >= 0.6 is 11.3 Å². The van der Waals surface area contributed by atoms with E-state index in [1.807, 2.05) is 12.1 Å². The summed E-state index contributed by atoms with van der Waals surface area (Å²) in [5.74, 6) is -0.0244. The maximum absolute atomic E-state index is 12.8. The van der Waals surface area contributed by atoms with E-state index in [1.165, 1.54) is 14.9 Å². The molecule has 8 nitrogen and oxygen atoms in total. The number of nitrogens with zero attached hydrogens (tertiary/aromatic N) is 2. The second kappa shape index (κ2) is 9.43. The number of anilines is 1. The molecule has 0 amide bonds. The lowest BCUT2D eigenvalue weighted by molar-refractivity contribution is -0.0183. The minimum absolute atomic E-state index is 0.0244. The second-order valence-electron chi connectivity index (χ2n) is 10.1. The molecule has 1 saturated heterocycles. The van der Waals surface area contributed by atoms with Gasteiger partial charge >= 0.3 is 4.87 Å². The third kappa shape index (κ3) is 4.24. The molecule has 4 aromatic rings. The Labute approximate surface area is 213 Å². The van der Waals surface area contributed by atoms with Crippen LogP contribution in [0.25, 0.3) is 10.3 Å². The van der Waals surface area contributed by atoms with Crippen molar-refractivity contribution < 1.29 is 9.16 Å². The molecule has 0 spiro atoms. The van der Waals surface area contributed by atoms with E-state index in [0.717, 1.165) is 17.8 Å². The summed E-state index contributed by atoms with van der Waals surface area (Å²) in [5.41, 5.74) is 5.60. The van der Waals surface area contributed by atoms with Crippen molar-refractivity contribution in [3.05, 3.63) is 80.7 Å². The molecule has 0 bridgehead atoms. The summed E-state index contributed by atoms with van der Waals surface area (Å²) in [4.78, 5) is 31.4. The molecule has 0 saturated carbocycles. The molecule has 36 heavy (non-hydrogen) atoms. The van der Waals surface area contributed by atoms with Gasteiger partial charge in [-0.05, 0) is 28.3 Å². The minimum Gasteiger partial charge on any atom is -0.405 e. The normalized spacial score (nSPS) is 18.6. The number of rotatable bonds is 6. The molecule has 2 aromatic heterocycles. The maximum Gasteiger partial charge on any atom is 0.311 e. The first-order valence-corrected chi connectivity index (χ1v) is 14.7. The highest BCUT2D eigenvalue weighted by Gasteiger charge is 2.50. The number of nitrogen functional groups attached to an aromatic ring is 1. The maximum atomic E-state index is 12.8. The Hall–Kier alpha value is -3.05. The number of hydrogen-bond donors (Lipinski definition) is 2. The molecular formula is C26H30N4O4SSi. The predicted octanol–water partition coefficient (Wildman–Crippen LogP) is 2.98. The molecule has 1 aliphatic rings. The fraction of sp³-hybridized carbons (Fsp3) is 0.346. The molecule has 188 valence electrons. The van der Waals surface area contributed by atoms with Crippen LogP contribution in [0.1, 0.15) is 39.8 Å². The van der Waals surface area contributed by atoms with Crippen LogP contribution in [-0.4, -0.2) is 35.6 Å². The number of ether oxygens (including phenoxy) is 1. The number of nitrogens with one attached hydrogen (secondary N) is 1. The van der Waals surface area contributed by atoms with Gasteiger partial charge in [0.2, 0.25) is 5.95 Å². The Bertz CT molecular complexity index is 1440. The molecule has 1 fully saturated rings. The molecule has 2 aromatic carbocycles. The molecule has 2 atom stereocenters. The van der Waals surface area contributed by atoms with E-state index in [4.69, 9.17) is 14.9 Å². The predicted molar refractivity (Wildman–Crippen MR) is 146 cm³/mol. The summed E-state index contributed by atoms with van der Waals surface area (Å²) in [6, 6.07) is 20.9. The van der Waals surface area contributed by atoms with Crippen molar-refractivity contribution in [1.82, 2.24) is 14.5 Å². The van der Waals surface area contributed by atoms with Crippen molar-refractivity contribution in [1.29, 1.82) is 0 Å². The average molecular weight is 523 g/mol. The molecule has 10 heteroatoms. The van der Waals surface area contributed by atoms with Gasteiger partial charge in [0.1, 0.15) is 10.9 Å². The lowest BCUT2D eigenvalue weighted by atomic mass is 10.2. The molecule has 5 rings (SSSR count). The van der Waals surface area contributed by atoms with E-state index in [0.29, 0.717) is 13.0 Å². The Balaban J connectivity index is 1.45. The molecule has 0 radical (unpaired) electrons. The summed E-state index contributed by atoms with van der Waals surface area (Å²) in [6.45, 7) is 7.11. The molecule has 3 N–H and O–H groups in total. The lowest BCUT2D eigenvalue weighted by Crippen LogP contribution is -2.67. The van der Waals surface area contributed by atoms with Gasteiger partial charge in [0.25, 0.3) is 13.9 Å². The van der Waals surface area contributed by atoms with Crippen molar-refractivity contribution in [2.24, 2.45) is 0 Å². The Morgan fingerprint density at radius 2 is 1.69 bits per heavy atom. The van der Waals surface area contributed by atoms with Crippen LogP contribution in [0.15, 0.2) is 70.3 Å². The highest BCUT2D eigenvalue weighted by atomic mass is 32.1. The third-order valence-corrected chi connectivity index (χ3v) is 12.7. The zero-order chi connectivity index (χ0) is 25.5. The van der Waals surface area contributed by atoms with Crippen LogP contribution in [0.2, 0.25) is 5.04 Å². The zero-order valence-corrected chi connectivity index (χ0v) is 22.4. The molecule has 1 aliphatic heterocycles. The van der Waals surface area contributed by atoms with E-state index < -0.39 is 20.1 Å². The molecular weight excluding hydrogens is 492 g/mol. The van der Waals surface area contributed by atoms with Crippen LogP contribution in [0.3, 0.4) is 0 Å². The van der Waals surface area contributed by atoms with Crippen LogP contribution in [0.5, 0.6) is 0 Å². The largest absolute Gasteiger partial charge is 0.405 e. The van der Waals surface area contributed by atoms with Gasteiger partial charge < -0.3 is 14.9 Å². The second-order valence-corrected chi connectivity index (χ2v) is 15.4. The molecule has 0 aliphatic carbocycles. The highest BCUT2D eigenvalue weighted by molar-refractivity contribution is 7.16. The Morgan fingerprint density at radius 1 is 1.08 bits per heavy atom. The highest BCUT2D eigenvalue weighted by Crippen LogP contribution is 2.38. The smallest absolute Gasteiger partial charge is 0.311 e. The van der Waals surface area contributed by atoms with Gasteiger partial charge in [0.15, 0.2) is 5.65 Å². The van der Waals surface area contributed by atoms with Crippen LogP contribution in [0.4, 0.5) is 5.95 Å². The number of hydrogen-bond acceptors (Lipinski definition) is 7. The van der Waals surface area contributed by atoms with Gasteiger partial charge in [-0.1, -0.05) is 92.8 Å². The summed E-state index contributed by atoms with van der Waals surface area (Å²) < 4.78 is 15.0. The summed E-state index contributed by atoms with van der Waals surface area (Å²) in [7, 11) is -2.70. The third-order valence-electron chi connectivity index (χ3n) is 6.77. The Morgan fingerprint density at radius 3 is 2.28 bits per heavy atom. The van der Waals surface area contributed by atoms with E-state index >= 15 is 0 Å². The van der Waals surface area contributed by atoms with Gasteiger partial charge in [0, 0.05) is 0 Å². The minimum atomic E-state index is -2.70.